The molecule has 1 aliphatic carbocycles. The molecule has 6 nitrogen and oxygen atoms in total. The average Bonchev–Trinajstić information content (AvgIpc) is 3.19. The molecule has 32 heavy (non-hydrogen) atoms. The van der Waals surface area contributed by atoms with Gasteiger partial charge >= 0.3 is 0 Å². The highest BCUT2D eigenvalue weighted by molar-refractivity contribution is 7.19. The summed E-state index contributed by atoms with van der Waals surface area (Å²) >= 11 is 1.67. The molecule has 9 heteroatoms. The van der Waals surface area contributed by atoms with Gasteiger partial charge in [0.25, 0.3) is 0 Å². The molecular weight excluding hydrogens is 432 g/mol. The van der Waals surface area contributed by atoms with Gasteiger partial charge < -0.3 is 10.6 Å². The smallest absolute Gasteiger partial charge is 0.243 e. The molecule has 0 aliphatic heterocycles. The van der Waals surface area contributed by atoms with Crippen molar-refractivity contribution in [3.05, 3.63) is 64.8 Å². The van der Waals surface area contributed by atoms with Gasteiger partial charge in [-0.25, -0.2) is 18.7 Å². The lowest BCUT2D eigenvalue weighted by molar-refractivity contribution is -0.114. The van der Waals surface area contributed by atoms with Gasteiger partial charge in [-0.3, -0.25) is 9.78 Å². The van der Waals surface area contributed by atoms with Crippen LogP contribution >= 0.6 is 11.3 Å². The van der Waals surface area contributed by atoms with E-state index < -0.39 is 17.5 Å². The summed E-state index contributed by atoms with van der Waals surface area (Å²) < 4.78 is 26.5. The minimum atomic E-state index is -1.01. The SMILES string of the molecule is O=C(CNc1nc(-c2cccnc2)nc2sc3c(c12)CCCC3)Nc1ccc(F)c(F)c1. The fourth-order valence-corrected chi connectivity index (χ4v) is 5.11. The third kappa shape index (κ3) is 4.03. The number of hydrogen-bond donors (Lipinski definition) is 2. The zero-order valence-corrected chi connectivity index (χ0v) is 17.8. The predicted molar refractivity (Wildman–Crippen MR) is 121 cm³/mol. The Morgan fingerprint density at radius 1 is 1.09 bits per heavy atom. The lowest BCUT2D eigenvalue weighted by Crippen LogP contribution is -2.22. The van der Waals surface area contributed by atoms with Crippen molar-refractivity contribution >= 4 is 39.0 Å². The number of halogens is 2. The molecule has 0 bridgehead atoms. The van der Waals surface area contributed by atoms with Crippen LogP contribution in [0.2, 0.25) is 0 Å². The number of fused-ring (bicyclic) bond motifs is 3. The fraction of sp³-hybridized carbons (Fsp3) is 0.217. The summed E-state index contributed by atoms with van der Waals surface area (Å²) in [6, 6.07) is 6.96. The van der Waals surface area contributed by atoms with Gasteiger partial charge in [0.2, 0.25) is 5.91 Å². The van der Waals surface area contributed by atoms with Crippen LogP contribution in [0.4, 0.5) is 20.3 Å². The summed E-state index contributed by atoms with van der Waals surface area (Å²) in [5, 5.41) is 6.66. The minimum absolute atomic E-state index is 0.0811. The summed E-state index contributed by atoms with van der Waals surface area (Å²) in [6.45, 7) is -0.0811. The summed E-state index contributed by atoms with van der Waals surface area (Å²) in [7, 11) is 0. The van der Waals surface area contributed by atoms with Crippen molar-refractivity contribution in [1.29, 1.82) is 0 Å². The molecule has 1 aliphatic rings. The van der Waals surface area contributed by atoms with E-state index in [2.05, 4.69) is 15.6 Å². The Morgan fingerprint density at radius 3 is 2.78 bits per heavy atom. The van der Waals surface area contributed by atoms with E-state index >= 15 is 0 Å². The molecule has 0 atom stereocenters. The van der Waals surface area contributed by atoms with Gasteiger partial charge in [-0.05, 0) is 55.5 Å². The normalized spacial score (nSPS) is 13.1. The highest BCUT2D eigenvalue weighted by Crippen LogP contribution is 2.39. The molecule has 2 N–H and O–H groups in total. The van der Waals surface area contributed by atoms with E-state index in [1.54, 1.807) is 23.7 Å². The van der Waals surface area contributed by atoms with E-state index in [1.165, 1.54) is 16.5 Å². The Labute approximate surface area is 186 Å². The van der Waals surface area contributed by atoms with Crippen LogP contribution in [0.5, 0.6) is 0 Å². The van der Waals surface area contributed by atoms with Crippen LogP contribution in [0, 0.1) is 11.6 Å². The number of aromatic nitrogens is 3. The number of hydrogen-bond acceptors (Lipinski definition) is 6. The maximum Gasteiger partial charge on any atom is 0.243 e. The first-order chi connectivity index (χ1) is 15.6. The second kappa shape index (κ2) is 8.58. The minimum Gasteiger partial charge on any atom is -0.360 e. The number of benzene rings is 1. The van der Waals surface area contributed by atoms with Crippen LogP contribution in [0.3, 0.4) is 0 Å². The zero-order valence-electron chi connectivity index (χ0n) is 17.0. The van der Waals surface area contributed by atoms with Gasteiger partial charge in [-0.1, -0.05) is 0 Å². The molecule has 162 valence electrons. The van der Waals surface area contributed by atoms with Crippen LogP contribution in [0.1, 0.15) is 23.3 Å². The molecule has 0 radical (unpaired) electrons. The van der Waals surface area contributed by atoms with Crippen molar-refractivity contribution in [2.75, 3.05) is 17.2 Å². The third-order valence-corrected chi connectivity index (χ3v) is 6.54. The van der Waals surface area contributed by atoms with Crippen molar-refractivity contribution in [2.45, 2.75) is 25.7 Å². The van der Waals surface area contributed by atoms with Gasteiger partial charge in [-0.2, -0.15) is 0 Å². The number of thiophene rings is 1. The second-order valence-electron chi connectivity index (χ2n) is 7.56. The highest BCUT2D eigenvalue weighted by Gasteiger charge is 2.22. The van der Waals surface area contributed by atoms with Crippen molar-refractivity contribution in [1.82, 2.24) is 15.0 Å². The number of nitrogens with one attached hydrogen (secondary N) is 2. The topological polar surface area (TPSA) is 79.8 Å². The number of pyridine rings is 1. The molecule has 5 rings (SSSR count). The molecule has 0 unspecified atom stereocenters. The summed E-state index contributed by atoms with van der Waals surface area (Å²) in [4.78, 5) is 28.3. The molecule has 4 aromatic rings. The van der Waals surface area contributed by atoms with Gasteiger partial charge in [0.05, 0.1) is 11.9 Å². The van der Waals surface area contributed by atoms with Crippen LogP contribution in [-0.2, 0) is 17.6 Å². The molecule has 0 saturated heterocycles. The first-order valence-electron chi connectivity index (χ1n) is 10.3. The highest BCUT2D eigenvalue weighted by atomic mass is 32.1. The molecule has 0 spiro atoms. The standard InChI is InChI=1S/C23H19F2N5OS/c24-16-8-7-14(10-17(16)25)28-19(31)12-27-22-20-15-5-1-2-6-18(15)32-23(20)30-21(29-22)13-4-3-9-26-11-13/h3-4,7-11H,1-2,5-6,12H2,(H,28,31)(H,27,29,30). The Kier molecular flexibility index (Phi) is 5.48. The van der Waals surface area contributed by atoms with Gasteiger partial charge in [0.15, 0.2) is 17.5 Å². The summed E-state index contributed by atoms with van der Waals surface area (Å²) in [5.41, 5.74) is 2.22. The number of carbonyl (C=O) groups excluding carboxylic acids is 1. The zero-order chi connectivity index (χ0) is 22.1. The maximum atomic E-state index is 13.4. The van der Waals surface area contributed by atoms with Crippen LogP contribution < -0.4 is 10.6 Å². The number of rotatable bonds is 5. The van der Waals surface area contributed by atoms with Crippen molar-refractivity contribution in [3.8, 4) is 11.4 Å². The quantitative estimate of drug-likeness (QED) is 0.448. The van der Waals surface area contributed by atoms with Crippen LogP contribution in [-0.4, -0.2) is 27.4 Å². The number of amides is 1. The molecular formula is C23H19F2N5OS. The van der Waals surface area contributed by atoms with E-state index in [1.807, 2.05) is 12.1 Å². The van der Waals surface area contributed by atoms with Crippen LogP contribution in [0.15, 0.2) is 42.7 Å². The Morgan fingerprint density at radius 2 is 1.97 bits per heavy atom. The van der Waals surface area contributed by atoms with Crippen molar-refractivity contribution in [3.63, 3.8) is 0 Å². The largest absolute Gasteiger partial charge is 0.360 e. The lowest BCUT2D eigenvalue weighted by atomic mass is 9.97. The van der Waals surface area contributed by atoms with E-state index in [0.717, 1.165) is 53.6 Å². The van der Waals surface area contributed by atoms with Gasteiger partial charge in [0, 0.05) is 34.6 Å². The lowest BCUT2D eigenvalue weighted by Gasteiger charge is -2.13. The van der Waals surface area contributed by atoms with Crippen molar-refractivity contribution in [2.24, 2.45) is 0 Å². The number of nitrogens with zero attached hydrogens (tertiary/aromatic N) is 3. The maximum absolute atomic E-state index is 13.4. The van der Waals surface area contributed by atoms with Gasteiger partial charge in [0.1, 0.15) is 10.6 Å². The molecule has 0 fully saturated rings. The molecule has 1 aromatic carbocycles. The van der Waals surface area contributed by atoms with E-state index in [4.69, 9.17) is 9.97 Å². The first-order valence-corrected chi connectivity index (χ1v) is 11.1. The summed E-state index contributed by atoms with van der Waals surface area (Å²) in [6.07, 6.45) is 7.64. The van der Waals surface area contributed by atoms with E-state index in [-0.39, 0.29) is 12.2 Å². The van der Waals surface area contributed by atoms with E-state index in [9.17, 15) is 13.6 Å². The predicted octanol–water partition coefficient (Wildman–Crippen LogP) is 4.96. The number of carbonyl (C=O) groups is 1. The fourth-order valence-electron chi connectivity index (χ4n) is 3.85. The van der Waals surface area contributed by atoms with Crippen molar-refractivity contribution < 1.29 is 13.6 Å². The van der Waals surface area contributed by atoms with Crippen LogP contribution in [0.25, 0.3) is 21.6 Å². The van der Waals surface area contributed by atoms with Gasteiger partial charge in [-0.15, -0.1) is 11.3 Å². The third-order valence-electron chi connectivity index (χ3n) is 5.35. The molecule has 3 heterocycles. The summed E-state index contributed by atoms with van der Waals surface area (Å²) in [5.74, 6) is -1.25. The number of aryl methyl sites for hydroxylation is 2. The average molecular weight is 452 g/mol. The second-order valence-corrected chi connectivity index (χ2v) is 8.64. The monoisotopic (exact) mass is 451 g/mol. The number of anilines is 2. The Hall–Kier alpha value is -3.46. The van der Waals surface area contributed by atoms with E-state index in [0.29, 0.717) is 11.6 Å². The molecule has 1 amide bonds. The Bertz CT molecular complexity index is 1310. The molecule has 3 aromatic heterocycles. The Balaban J connectivity index is 1.45. The first kappa shape index (κ1) is 20.4. The molecule has 0 saturated carbocycles.